The highest BCUT2D eigenvalue weighted by Gasteiger charge is 2.14. The van der Waals surface area contributed by atoms with Crippen LogP contribution in [-0.4, -0.2) is 48.1 Å². The van der Waals surface area contributed by atoms with Gasteiger partial charge in [0.25, 0.3) is 0 Å². The Morgan fingerprint density at radius 1 is 0.684 bits per heavy atom. The zero-order valence-corrected chi connectivity index (χ0v) is 12.0. The molecule has 8 heteroatoms. The second-order valence-corrected chi connectivity index (χ2v) is 4.84. The summed E-state index contributed by atoms with van der Waals surface area (Å²) in [4.78, 5) is 0. The lowest BCUT2D eigenvalue weighted by molar-refractivity contribution is 0.192. The molecule has 0 radical (unpaired) electrons. The number of hydrazine groups is 2. The first-order valence-electron chi connectivity index (χ1n) is 6.71. The predicted molar refractivity (Wildman–Crippen MR) is 78.3 cm³/mol. The van der Waals surface area contributed by atoms with E-state index < -0.39 is 0 Å². The van der Waals surface area contributed by atoms with E-state index in [1.165, 1.54) is 32.1 Å². The fourth-order valence-electron chi connectivity index (χ4n) is 2.33. The Kier molecular flexibility index (Phi) is 6.90. The molecule has 110 valence electrons. The smallest absolute Gasteiger partial charge is 0.210 e. The molecule has 5 N–H and O–H groups in total. The number of hydrogen-bond acceptors (Lipinski definition) is 4. The van der Waals surface area contributed by atoms with Gasteiger partial charge >= 0.3 is 0 Å². The number of rotatable bonds is 2. The number of nitrogens with one attached hydrogen (secondary N) is 5. The largest absolute Gasteiger partial charge is 0.295 e. The average molecular weight is 290 g/mol. The van der Waals surface area contributed by atoms with Gasteiger partial charge in [-0.1, -0.05) is 6.42 Å². The van der Waals surface area contributed by atoms with Crippen molar-refractivity contribution in [1.29, 1.82) is 10.8 Å². The van der Waals surface area contributed by atoms with Gasteiger partial charge in [-0.15, -0.1) is 12.4 Å². The van der Waals surface area contributed by atoms with Gasteiger partial charge in [0.05, 0.1) is 0 Å². The van der Waals surface area contributed by atoms with E-state index in [0.29, 0.717) is 0 Å². The number of nitrogens with zero attached hydrogens (tertiary/aromatic N) is 2. The van der Waals surface area contributed by atoms with Crippen LogP contribution in [-0.2, 0) is 0 Å². The molecule has 0 aromatic rings. The monoisotopic (exact) mass is 289 g/mol. The summed E-state index contributed by atoms with van der Waals surface area (Å²) in [6.07, 6.45) is 5.95. The van der Waals surface area contributed by atoms with Crippen molar-refractivity contribution in [2.24, 2.45) is 0 Å². The molecule has 0 unspecified atom stereocenters. The Bertz CT molecular complexity index is 297. The van der Waals surface area contributed by atoms with E-state index in [9.17, 15) is 0 Å². The van der Waals surface area contributed by atoms with E-state index in [1.54, 1.807) is 0 Å². The lowest BCUT2D eigenvalue weighted by Gasteiger charge is -2.28. The Balaban J connectivity index is 0.00000180. The highest BCUT2D eigenvalue weighted by Crippen LogP contribution is 2.05. The van der Waals surface area contributed by atoms with E-state index in [4.69, 9.17) is 10.8 Å². The molecule has 0 aliphatic carbocycles. The Hall–Kier alpha value is -1.05. The highest BCUT2D eigenvalue weighted by molar-refractivity contribution is 5.95. The lowest BCUT2D eigenvalue weighted by Crippen LogP contribution is -2.55. The first kappa shape index (κ1) is 16.0. The van der Waals surface area contributed by atoms with Crippen molar-refractivity contribution in [3.05, 3.63) is 0 Å². The summed E-state index contributed by atoms with van der Waals surface area (Å²) in [7, 11) is 0. The lowest BCUT2D eigenvalue weighted by atomic mass is 10.2. The minimum absolute atomic E-state index is 0. The standard InChI is InChI=1S/C11H23N7.ClH/c12-10(15-17-6-2-1-3-7-17)14-11(13)16-18-8-4-5-9-18;/h1-9H2,(H5,12,13,14,15,16);1H. The van der Waals surface area contributed by atoms with Crippen molar-refractivity contribution in [1.82, 2.24) is 26.2 Å². The second kappa shape index (κ2) is 8.19. The normalized spacial score (nSPS) is 20.4. The Morgan fingerprint density at radius 3 is 1.47 bits per heavy atom. The summed E-state index contributed by atoms with van der Waals surface area (Å²) in [6.45, 7) is 3.88. The first-order valence-corrected chi connectivity index (χ1v) is 6.71. The minimum Gasteiger partial charge on any atom is -0.295 e. The highest BCUT2D eigenvalue weighted by atomic mass is 35.5. The van der Waals surface area contributed by atoms with E-state index in [-0.39, 0.29) is 24.3 Å². The predicted octanol–water partition coefficient (Wildman–Crippen LogP) is 0.458. The van der Waals surface area contributed by atoms with Gasteiger partial charge in [-0.05, 0) is 25.7 Å². The maximum atomic E-state index is 7.77. The zero-order chi connectivity index (χ0) is 12.8. The molecule has 0 amide bonds. The topological polar surface area (TPSA) is 90.3 Å². The Morgan fingerprint density at radius 2 is 1.05 bits per heavy atom. The van der Waals surface area contributed by atoms with Crippen LogP contribution in [0.25, 0.3) is 0 Å². The van der Waals surface area contributed by atoms with Crippen LogP contribution >= 0.6 is 12.4 Å². The van der Waals surface area contributed by atoms with E-state index in [1.807, 2.05) is 10.0 Å². The molecule has 19 heavy (non-hydrogen) atoms. The summed E-state index contributed by atoms with van der Waals surface area (Å²) < 4.78 is 0. The van der Waals surface area contributed by atoms with Gasteiger partial charge in [-0.25, -0.2) is 10.0 Å². The molecule has 7 nitrogen and oxygen atoms in total. The molecule has 0 spiro atoms. The summed E-state index contributed by atoms with van der Waals surface area (Å²) in [6, 6.07) is 0. The van der Waals surface area contributed by atoms with Crippen LogP contribution in [0.1, 0.15) is 32.1 Å². The SMILES string of the molecule is Cl.N=C(NC(=N)NN1CCCC1)NN1CCCCC1. The molecule has 0 bridgehead atoms. The minimum atomic E-state index is 0. The Labute approximate surface area is 120 Å². The molecule has 0 aromatic heterocycles. The average Bonchev–Trinajstić information content (AvgIpc) is 2.82. The number of halogens is 1. The molecule has 2 aliphatic rings. The van der Waals surface area contributed by atoms with Gasteiger partial charge in [0.1, 0.15) is 0 Å². The number of piperidine rings is 1. The number of hydrogen-bond donors (Lipinski definition) is 5. The van der Waals surface area contributed by atoms with Gasteiger partial charge in [-0.2, -0.15) is 0 Å². The first-order chi connectivity index (χ1) is 8.74. The third-order valence-electron chi connectivity index (χ3n) is 3.25. The van der Waals surface area contributed by atoms with Crippen molar-refractivity contribution in [3.8, 4) is 0 Å². The van der Waals surface area contributed by atoms with Crippen molar-refractivity contribution >= 4 is 24.3 Å². The molecular formula is C11H24ClN7. The quantitative estimate of drug-likeness (QED) is 0.376. The van der Waals surface area contributed by atoms with Crippen LogP contribution in [0.4, 0.5) is 0 Å². The number of guanidine groups is 2. The van der Waals surface area contributed by atoms with Gasteiger partial charge < -0.3 is 0 Å². The van der Waals surface area contributed by atoms with Crippen molar-refractivity contribution < 1.29 is 0 Å². The van der Waals surface area contributed by atoms with Crippen LogP contribution in [0.15, 0.2) is 0 Å². The van der Waals surface area contributed by atoms with Crippen LogP contribution in [0, 0.1) is 10.8 Å². The van der Waals surface area contributed by atoms with E-state index >= 15 is 0 Å². The van der Waals surface area contributed by atoms with Gasteiger partial charge in [-0.3, -0.25) is 27.0 Å². The van der Waals surface area contributed by atoms with E-state index in [0.717, 1.165) is 26.2 Å². The summed E-state index contributed by atoms with van der Waals surface area (Å²) in [5, 5.41) is 22.3. The molecule has 0 aromatic carbocycles. The second-order valence-electron chi connectivity index (χ2n) is 4.84. The molecular weight excluding hydrogens is 266 g/mol. The van der Waals surface area contributed by atoms with Crippen molar-refractivity contribution in [2.75, 3.05) is 26.2 Å². The van der Waals surface area contributed by atoms with Crippen LogP contribution in [0.5, 0.6) is 0 Å². The van der Waals surface area contributed by atoms with Crippen LogP contribution in [0.3, 0.4) is 0 Å². The van der Waals surface area contributed by atoms with Gasteiger partial charge in [0.2, 0.25) is 11.9 Å². The van der Waals surface area contributed by atoms with Crippen LogP contribution < -0.4 is 16.2 Å². The summed E-state index contributed by atoms with van der Waals surface area (Å²) >= 11 is 0. The molecule has 2 heterocycles. The van der Waals surface area contributed by atoms with Gasteiger partial charge in [0, 0.05) is 26.2 Å². The zero-order valence-electron chi connectivity index (χ0n) is 11.2. The van der Waals surface area contributed by atoms with Crippen molar-refractivity contribution in [3.63, 3.8) is 0 Å². The fraction of sp³-hybridized carbons (Fsp3) is 0.818. The fourth-order valence-corrected chi connectivity index (χ4v) is 2.33. The van der Waals surface area contributed by atoms with E-state index in [2.05, 4.69) is 16.2 Å². The summed E-state index contributed by atoms with van der Waals surface area (Å²) in [5.74, 6) is 0.319. The molecule has 0 atom stereocenters. The molecule has 2 fully saturated rings. The maximum absolute atomic E-state index is 7.77. The van der Waals surface area contributed by atoms with Crippen molar-refractivity contribution in [2.45, 2.75) is 32.1 Å². The molecule has 2 rings (SSSR count). The van der Waals surface area contributed by atoms with Crippen LogP contribution in [0.2, 0.25) is 0 Å². The summed E-state index contributed by atoms with van der Waals surface area (Å²) in [5.41, 5.74) is 5.93. The molecule has 0 saturated carbocycles. The third kappa shape index (κ3) is 5.63. The third-order valence-corrected chi connectivity index (χ3v) is 3.25. The maximum Gasteiger partial charge on any atom is 0.210 e. The molecule has 2 aliphatic heterocycles. The molecule has 2 saturated heterocycles. The van der Waals surface area contributed by atoms with Gasteiger partial charge in [0.15, 0.2) is 0 Å².